The average molecular weight is 519 g/mol. The summed E-state index contributed by atoms with van der Waals surface area (Å²) in [5.41, 5.74) is -1.13. The van der Waals surface area contributed by atoms with Gasteiger partial charge >= 0.3 is 6.03 Å². The summed E-state index contributed by atoms with van der Waals surface area (Å²) in [6.45, 7) is 5.04. The standard InChI is InChI=1S/C17H18IN3O6S/c1-17(2,3)19-16(22)20-28(25,26)15-10-11(21(23)24)8-9-14(15)27-13-7-5-4-6-12(13)18/h4-10H,1-3H3,(H2,19,20,22). The second-order valence-electron chi connectivity index (χ2n) is 6.73. The molecule has 0 bridgehead atoms. The first-order valence-electron chi connectivity index (χ1n) is 7.95. The van der Waals surface area contributed by atoms with Gasteiger partial charge in [0.05, 0.1) is 8.49 Å². The summed E-state index contributed by atoms with van der Waals surface area (Å²) in [5, 5.41) is 13.5. The smallest absolute Gasteiger partial charge is 0.329 e. The molecule has 0 aliphatic carbocycles. The monoisotopic (exact) mass is 519 g/mol. The lowest BCUT2D eigenvalue weighted by molar-refractivity contribution is -0.385. The van der Waals surface area contributed by atoms with Crippen molar-refractivity contribution in [1.82, 2.24) is 10.0 Å². The molecule has 2 rings (SSSR count). The molecule has 9 nitrogen and oxygen atoms in total. The summed E-state index contributed by atoms with van der Waals surface area (Å²) < 4.78 is 33.7. The van der Waals surface area contributed by atoms with E-state index in [4.69, 9.17) is 4.74 Å². The zero-order valence-electron chi connectivity index (χ0n) is 15.2. The van der Waals surface area contributed by atoms with Gasteiger partial charge in [-0.1, -0.05) is 12.1 Å². The molecule has 2 aromatic carbocycles. The Kier molecular flexibility index (Phi) is 6.49. The quantitative estimate of drug-likeness (QED) is 0.352. The van der Waals surface area contributed by atoms with Gasteiger partial charge in [0, 0.05) is 17.7 Å². The second-order valence-corrected chi connectivity index (χ2v) is 9.54. The molecule has 11 heteroatoms. The van der Waals surface area contributed by atoms with E-state index >= 15 is 0 Å². The molecular weight excluding hydrogens is 501 g/mol. The zero-order valence-corrected chi connectivity index (χ0v) is 18.2. The van der Waals surface area contributed by atoms with Crippen LogP contribution in [0.1, 0.15) is 20.8 Å². The Morgan fingerprint density at radius 2 is 1.79 bits per heavy atom. The van der Waals surface area contributed by atoms with Crippen molar-refractivity contribution in [3.05, 3.63) is 56.1 Å². The number of nitro benzene ring substituents is 1. The van der Waals surface area contributed by atoms with E-state index in [-0.39, 0.29) is 5.75 Å². The molecule has 2 N–H and O–H groups in total. The van der Waals surface area contributed by atoms with E-state index in [0.717, 1.165) is 12.1 Å². The average Bonchev–Trinajstić information content (AvgIpc) is 2.54. The van der Waals surface area contributed by atoms with Crippen molar-refractivity contribution in [3.8, 4) is 11.5 Å². The Labute approximate surface area is 175 Å². The molecule has 0 atom stereocenters. The third-order valence-corrected chi connectivity index (χ3v) is 5.44. The third kappa shape index (κ3) is 5.79. The summed E-state index contributed by atoms with van der Waals surface area (Å²) >= 11 is 2.01. The van der Waals surface area contributed by atoms with Crippen LogP contribution in [0.3, 0.4) is 0 Å². The van der Waals surface area contributed by atoms with Crippen molar-refractivity contribution < 1.29 is 22.9 Å². The highest BCUT2D eigenvalue weighted by atomic mass is 127. The van der Waals surface area contributed by atoms with E-state index in [1.54, 1.807) is 45.0 Å². The molecule has 0 aromatic heterocycles. The fraction of sp³-hybridized carbons (Fsp3) is 0.235. The van der Waals surface area contributed by atoms with E-state index < -0.39 is 37.1 Å². The largest absolute Gasteiger partial charge is 0.455 e. The Bertz CT molecular complexity index is 1020. The summed E-state index contributed by atoms with van der Waals surface area (Å²) in [5.74, 6) is 0.221. The molecule has 0 aliphatic rings. The Morgan fingerprint density at radius 3 is 2.36 bits per heavy atom. The minimum Gasteiger partial charge on any atom is -0.455 e. The predicted octanol–water partition coefficient (Wildman–Crippen LogP) is 3.78. The summed E-state index contributed by atoms with van der Waals surface area (Å²) in [6, 6.07) is 9.05. The van der Waals surface area contributed by atoms with Crippen LogP contribution in [0.5, 0.6) is 11.5 Å². The molecule has 28 heavy (non-hydrogen) atoms. The number of nitro groups is 1. The molecule has 0 heterocycles. The highest BCUT2D eigenvalue weighted by molar-refractivity contribution is 14.1. The van der Waals surface area contributed by atoms with E-state index in [0.29, 0.717) is 9.32 Å². The number of para-hydroxylation sites is 1. The van der Waals surface area contributed by atoms with Crippen molar-refractivity contribution >= 4 is 44.3 Å². The maximum absolute atomic E-state index is 12.7. The molecule has 0 saturated carbocycles. The predicted molar refractivity (Wildman–Crippen MR) is 111 cm³/mol. The van der Waals surface area contributed by atoms with Gasteiger partial charge in [-0.25, -0.2) is 17.9 Å². The lowest BCUT2D eigenvalue weighted by Crippen LogP contribution is -2.48. The first-order chi connectivity index (χ1) is 12.9. The number of hydrogen-bond donors (Lipinski definition) is 2. The third-order valence-electron chi connectivity index (χ3n) is 3.20. The van der Waals surface area contributed by atoms with E-state index in [9.17, 15) is 23.3 Å². The molecule has 0 fully saturated rings. The fourth-order valence-electron chi connectivity index (χ4n) is 2.09. The van der Waals surface area contributed by atoms with E-state index in [2.05, 4.69) is 5.32 Å². The van der Waals surface area contributed by atoms with Crippen LogP contribution in [0.25, 0.3) is 0 Å². The van der Waals surface area contributed by atoms with E-state index in [1.165, 1.54) is 6.07 Å². The summed E-state index contributed by atoms with van der Waals surface area (Å²) in [4.78, 5) is 21.8. The zero-order chi connectivity index (χ0) is 21.1. The van der Waals surface area contributed by atoms with Crippen LogP contribution in [0, 0.1) is 13.7 Å². The number of amides is 2. The number of carbonyl (C=O) groups is 1. The van der Waals surface area contributed by atoms with Crippen LogP contribution in [-0.4, -0.2) is 24.9 Å². The van der Waals surface area contributed by atoms with Gasteiger partial charge in [0.2, 0.25) is 0 Å². The minimum absolute atomic E-state index is 0.147. The minimum atomic E-state index is -4.45. The van der Waals surface area contributed by atoms with Crippen LogP contribution < -0.4 is 14.8 Å². The van der Waals surface area contributed by atoms with Gasteiger partial charge in [0.15, 0.2) is 0 Å². The molecule has 2 amide bonds. The molecule has 150 valence electrons. The van der Waals surface area contributed by atoms with Crippen molar-refractivity contribution in [2.75, 3.05) is 0 Å². The van der Waals surface area contributed by atoms with Crippen LogP contribution in [0.4, 0.5) is 10.5 Å². The normalized spacial score (nSPS) is 11.6. The van der Waals surface area contributed by atoms with Crippen molar-refractivity contribution in [3.63, 3.8) is 0 Å². The van der Waals surface area contributed by atoms with Crippen molar-refractivity contribution in [2.45, 2.75) is 31.2 Å². The molecule has 0 saturated heterocycles. The number of nitrogens with one attached hydrogen (secondary N) is 2. The summed E-state index contributed by atoms with van der Waals surface area (Å²) in [7, 11) is -4.45. The van der Waals surface area contributed by atoms with Gasteiger partial charge < -0.3 is 10.1 Å². The van der Waals surface area contributed by atoms with Crippen LogP contribution in [0.2, 0.25) is 0 Å². The Balaban J connectivity index is 2.47. The number of halogens is 1. The van der Waals surface area contributed by atoms with Crippen LogP contribution >= 0.6 is 22.6 Å². The number of non-ortho nitro benzene ring substituents is 1. The topological polar surface area (TPSA) is 128 Å². The highest BCUT2D eigenvalue weighted by Gasteiger charge is 2.27. The van der Waals surface area contributed by atoms with Gasteiger partial charge in [0.25, 0.3) is 15.7 Å². The van der Waals surface area contributed by atoms with Crippen LogP contribution in [-0.2, 0) is 10.0 Å². The summed E-state index contributed by atoms with van der Waals surface area (Å²) in [6.07, 6.45) is 0. The first-order valence-corrected chi connectivity index (χ1v) is 10.5. The fourth-order valence-corrected chi connectivity index (χ4v) is 3.65. The van der Waals surface area contributed by atoms with Gasteiger partial charge in [-0.2, -0.15) is 0 Å². The number of urea groups is 1. The Morgan fingerprint density at radius 1 is 1.14 bits per heavy atom. The molecule has 0 unspecified atom stereocenters. The number of sulfonamides is 1. The van der Waals surface area contributed by atoms with Crippen molar-refractivity contribution in [2.24, 2.45) is 0 Å². The molecule has 2 aromatic rings. The van der Waals surface area contributed by atoms with Gasteiger partial charge in [-0.15, -0.1) is 0 Å². The van der Waals surface area contributed by atoms with Crippen LogP contribution in [0.15, 0.2) is 47.4 Å². The number of carbonyl (C=O) groups excluding carboxylic acids is 1. The van der Waals surface area contributed by atoms with Crippen molar-refractivity contribution in [1.29, 1.82) is 0 Å². The number of rotatable bonds is 5. The van der Waals surface area contributed by atoms with E-state index in [1.807, 2.05) is 27.3 Å². The number of benzene rings is 2. The number of ether oxygens (including phenoxy) is 1. The van der Waals surface area contributed by atoms with Gasteiger partial charge in [0.1, 0.15) is 16.4 Å². The SMILES string of the molecule is CC(C)(C)NC(=O)NS(=O)(=O)c1cc([N+](=O)[O-])ccc1Oc1ccccc1I. The lowest BCUT2D eigenvalue weighted by Gasteiger charge is -2.21. The van der Waals surface area contributed by atoms with Gasteiger partial charge in [-0.3, -0.25) is 10.1 Å². The maximum Gasteiger partial charge on any atom is 0.329 e. The maximum atomic E-state index is 12.7. The highest BCUT2D eigenvalue weighted by Crippen LogP contribution is 2.33. The second kappa shape index (κ2) is 8.31. The molecule has 0 aliphatic heterocycles. The molecular formula is C17H18IN3O6S. The molecule has 0 spiro atoms. The number of hydrogen-bond acceptors (Lipinski definition) is 6. The lowest BCUT2D eigenvalue weighted by atomic mass is 10.1. The number of nitrogens with zero attached hydrogens (tertiary/aromatic N) is 1. The first kappa shape index (κ1) is 21.9. The molecule has 0 radical (unpaired) electrons. The van der Waals surface area contributed by atoms with Gasteiger partial charge in [-0.05, 0) is 61.6 Å². The Hall–Kier alpha value is -2.41.